The Morgan fingerprint density at radius 1 is 1.06 bits per heavy atom. The number of carbonyl (C=O) groups is 1. The molecule has 0 fully saturated rings. The standard InChI is InChI=1S/C24H24N4O5S2/c1-3-35(30,31)24-28-27-23(34-24)26-22(29)19(16-25)15-18-7-11-21(12-8-18)33-14-4-13-32-20-9-5-17(2)6-10-20/h5-12,15H,3-4,13-14H2,1-2H3,(H,26,27,29)/b19-15-. The lowest BCUT2D eigenvalue weighted by Gasteiger charge is -2.08. The second-order valence-electron chi connectivity index (χ2n) is 7.33. The van der Waals surface area contributed by atoms with Crippen molar-refractivity contribution in [3.8, 4) is 17.6 Å². The summed E-state index contributed by atoms with van der Waals surface area (Å²) in [6.07, 6.45) is 2.13. The summed E-state index contributed by atoms with van der Waals surface area (Å²) in [5, 5.41) is 19.0. The third-order valence-corrected chi connectivity index (χ3v) is 7.70. The Morgan fingerprint density at radius 2 is 1.66 bits per heavy atom. The van der Waals surface area contributed by atoms with Gasteiger partial charge in [0.05, 0.1) is 19.0 Å². The van der Waals surface area contributed by atoms with Crippen LogP contribution in [0.15, 0.2) is 58.4 Å². The molecule has 0 aliphatic rings. The van der Waals surface area contributed by atoms with Gasteiger partial charge in [0.15, 0.2) is 0 Å². The fourth-order valence-corrected chi connectivity index (χ4v) is 4.71. The number of sulfone groups is 1. The van der Waals surface area contributed by atoms with E-state index in [2.05, 4.69) is 15.5 Å². The Kier molecular flexibility index (Phi) is 8.94. The number of aromatic nitrogens is 2. The van der Waals surface area contributed by atoms with E-state index in [9.17, 15) is 18.5 Å². The van der Waals surface area contributed by atoms with Crippen molar-refractivity contribution < 1.29 is 22.7 Å². The molecule has 1 heterocycles. The normalized spacial score (nSPS) is 11.5. The summed E-state index contributed by atoms with van der Waals surface area (Å²) in [5.41, 5.74) is 1.64. The molecular formula is C24H24N4O5S2. The number of rotatable bonds is 11. The minimum absolute atomic E-state index is 0.00159. The van der Waals surface area contributed by atoms with Gasteiger partial charge in [-0.15, -0.1) is 10.2 Å². The van der Waals surface area contributed by atoms with Crippen molar-refractivity contribution in [3.63, 3.8) is 0 Å². The maximum atomic E-state index is 12.4. The quantitative estimate of drug-likeness (QED) is 0.176. The van der Waals surface area contributed by atoms with Gasteiger partial charge in [-0.1, -0.05) is 48.1 Å². The largest absolute Gasteiger partial charge is 0.493 e. The minimum atomic E-state index is -3.52. The molecule has 0 spiro atoms. The van der Waals surface area contributed by atoms with E-state index in [1.165, 1.54) is 18.6 Å². The fourth-order valence-electron chi connectivity index (χ4n) is 2.72. The Hall–Kier alpha value is -3.75. The SMILES string of the molecule is CCS(=O)(=O)c1nnc(NC(=O)/C(C#N)=C\c2ccc(OCCCOc3ccc(C)cc3)cc2)s1. The van der Waals surface area contributed by atoms with Crippen molar-refractivity contribution in [3.05, 3.63) is 65.2 Å². The van der Waals surface area contributed by atoms with Crippen LogP contribution in [0.2, 0.25) is 0 Å². The molecule has 182 valence electrons. The summed E-state index contributed by atoms with van der Waals surface area (Å²) in [6, 6.07) is 16.6. The molecule has 11 heteroatoms. The van der Waals surface area contributed by atoms with E-state index in [0.717, 1.165) is 17.1 Å². The van der Waals surface area contributed by atoms with Crippen LogP contribution in [0.4, 0.5) is 5.13 Å². The van der Waals surface area contributed by atoms with E-state index in [1.807, 2.05) is 37.3 Å². The molecule has 2 aromatic carbocycles. The van der Waals surface area contributed by atoms with Crippen LogP contribution in [0.1, 0.15) is 24.5 Å². The second-order valence-corrected chi connectivity index (χ2v) is 10.8. The Bertz CT molecular complexity index is 1330. The van der Waals surface area contributed by atoms with Crippen LogP contribution in [0.3, 0.4) is 0 Å². The first-order chi connectivity index (χ1) is 16.8. The zero-order valence-corrected chi connectivity index (χ0v) is 20.9. The molecule has 0 saturated heterocycles. The first kappa shape index (κ1) is 25.9. The van der Waals surface area contributed by atoms with E-state index in [4.69, 9.17) is 9.47 Å². The number of carbonyl (C=O) groups excluding carboxylic acids is 1. The first-order valence-corrected chi connectivity index (χ1v) is 13.2. The highest BCUT2D eigenvalue weighted by Crippen LogP contribution is 2.22. The number of ether oxygens (including phenoxy) is 2. The molecule has 0 atom stereocenters. The van der Waals surface area contributed by atoms with E-state index in [-0.39, 0.29) is 20.8 Å². The third-order valence-electron chi connectivity index (χ3n) is 4.68. The third kappa shape index (κ3) is 7.63. The van der Waals surface area contributed by atoms with E-state index < -0.39 is 15.7 Å². The second kappa shape index (κ2) is 12.1. The maximum absolute atomic E-state index is 12.4. The van der Waals surface area contributed by atoms with Gasteiger partial charge in [-0.25, -0.2) is 8.42 Å². The van der Waals surface area contributed by atoms with Crippen molar-refractivity contribution in [2.24, 2.45) is 0 Å². The summed E-state index contributed by atoms with van der Waals surface area (Å²) in [5.74, 6) is 0.637. The van der Waals surface area contributed by atoms with Crippen molar-refractivity contribution in [2.45, 2.75) is 24.6 Å². The van der Waals surface area contributed by atoms with Gasteiger partial charge in [0.25, 0.3) is 5.91 Å². The molecule has 0 bridgehead atoms. The van der Waals surface area contributed by atoms with Crippen LogP contribution < -0.4 is 14.8 Å². The van der Waals surface area contributed by atoms with Crippen molar-refractivity contribution >= 4 is 38.3 Å². The number of nitrogens with one attached hydrogen (secondary N) is 1. The first-order valence-electron chi connectivity index (χ1n) is 10.7. The Morgan fingerprint density at radius 3 is 2.23 bits per heavy atom. The van der Waals surface area contributed by atoms with Crippen LogP contribution in [0.25, 0.3) is 6.08 Å². The highest BCUT2D eigenvalue weighted by molar-refractivity contribution is 7.93. The molecular weight excluding hydrogens is 488 g/mol. The van der Waals surface area contributed by atoms with Crippen molar-refractivity contribution in [1.29, 1.82) is 5.26 Å². The van der Waals surface area contributed by atoms with Crippen molar-refractivity contribution in [1.82, 2.24) is 10.2 Å². The summed E-state index contributed by atoms with van der Waals surface area (Å²) in [7, 11) is -3.52. The lowest BCUT2D eigenvalue weighted by Crippen LogP contribution is -2.13. The molecule has 9 nitrogen and oxygen atoms in total. The van der Waals surface area contributed by atoms with Crippen LogP contribution in [-0.4, -0.2) is 43.5 Å². The monoisotopic (exact) mass is 512 g/mol. The summed E-state index contributed by atoms with van der Waals surface area (Å²) in [6.45, 7) is 4.52. The van der Waals surface area contributed by atoms with Gasteiger partial charge in [0, 0.05) is 6.42 Å². The average Bonchev–Trinajstić information content (AvgIpc) is 3.33. The molecule has 3 aromatic rings. The number of anilines is 1. The molecule has 3 rings (SSSR count). The number of amides is 1. The van der Waals surface area contributed by atoms with Gasteiger partial charge in [-0.05, 0) is 42.8 Å². The lowest BCUT2D eigenvalue weighted by atomic mass is 10.1. The average molecular weight is 513 g/mol. The number of nitrogens with zero attached hydrogens (tertiary/aromatic N) is 3. The fraction of sp³-hybridized carbons (Fsp3) is 0.250. The van der Waals surface area contributed by atoms with Gasteiger partial charge in [-0.2, -0.15) is 5.26 Å². The van der Waals surface area contributed by atoms with Gasteiger partial charge < -0.3 is 9.47 Å². The summed E-state index contributed by atoms with van der Waals surface area (Å²) in [4.78, 5) is 12.4. The zero-order chi connectivity index (χ0) is 25.3. The molecule has 1 aromatic heterocycles. The van der Waals surface area contributed by atoms with Crippen LogP contribution in [-0.2, 0) is 14.6 Å². The van der Waals surface area contributed by atoms with E-state index >= 15 is 0 Å². The summed E-state index contributed by atoms with van der Waals surface area (Å²) >= 11 is 0.735. The highest BCUT2D eigenvalue weighted by atomic mass is 32.2. The Labute approximate surface area is 208 Å². The van der Waals surface area contributed by atoms with Gasteiger partial charge in [-0.3, -0.25) is 10.1 Å². The molecule has 0 aliphatic carbocycles. The lowest BCUT2D eigenvalue weighted by molar-refractivity contribution is -0.112. The van der Waals surface area contributed by atoms with Crippen molar-refractivity contribution in [2.75, 3.05) is 24.3 Å². The van der Waals surface area contributed by atoms with Gasteiger partial charge in [0.2, 0.25) is 19.3 Å². The van der Waals surface area contributed by atoms with Crippen LogP contribution >= 0.6 is 11.3 Å². The number of benzene rings is 2. The number of hydrogen-bond acceptors (Lipinski definition) is 9. The molecule has 0 radical (unpaired) electrons. The van der Waals surface area contributed by atoms with Gasteiger partial charge in [0.1, 0.15) is 23.1 Å². The van der Waals surface area contributed by atoms with Gasteiger partial charge >= 0.3 is 0 Å². The van der Waals surface area contributed by atoms with E-state index in [0.29, 0.717) is 30.9 Å². The van der Waals surface area contributed by atoms with E-state index in [1.54, 1.807) is 24.3 Å². The summed E-state index contributed by atoms with van der Waals surface area (Å²) < 4.78 is 34.9. The molecule has 0 aliphatic heterocycles. The number of nitriles is 1. The molecule has 0 saturated carbocycles. The number of aryl methyl sites for hydroxylation is 1. The molecule has 1 N–H and O–H groups in total. The topological polar surface area (TPSA) is 131 Å². The predicted octanol–water partition coefficient (Wildman–Crippen LogP) is 4.03. The molecule has 35 heavy (non-hydrogen) atoms. The smallest absolute Gasteiger partial charge is 0.268 e. The highest BCUT2D eigenvalue weighted by Gasteiger charge is 2.19. The molecule has 0 unspecified atom stereocenters. The molecule has 1 amide bonds. The number of hydrogen-bond donors (Lipinski definition) is 1. The zero-order valence-electron chi connectivity index (χ0n) is 19.2. The minimum Gasteiger partial charge on any atom is -0.493 e. The Balaban J connectivity index is 1.50. The maximum Gasteiger partial charge on any atom is 0.268 e. The van der Waals surface area contributed by atoms with Crippen LogP contribution in [0, 0.1) is 18.3 Å². The predicted molar refractivity (Wildman–Crippen MR) is 133 cm³/mol. The van der Waals surface area contributed by atoms with Crippen LogP contribution in [0.5, 0.6) is 11.5 Å².